The second-order valence-corrected chi connectivity index (χ2v) is 8.27. The number of benzene rings is 2. The lowest BCUT2D eigenvalue weighted by Gasteiger charge is -2.38. The number of para-hydroxylation sites is 2. The van der Waals surface area contributed by atoms with Crippen LogP contribution in [0.3, 0.4) is 0 Å². The molecule has 32 heavy (non-hydrogen) atoms. The van der Waals surface area contributed by atoms with E-state index in [-0.39, 0.29) is 5.91 Å². The van der Waals surface area contributed by atoms with E-state index in [0.29, 0.717) is 30.0 Å². The van der Waals surface area contributed by atoms with Crippen molar-refractivity contribution in [3.05, 3.63) is 60.2 Å². The van der Waals surface area contributed by atoms with Crippen LogP contribution in [-0.4, -0.2) is 55.2 Å². The van der Waals surface area contributed by atoms with E-state index in [4.69, 9.17) is 14.2 Å². The standard InChI is InChI=1S/C24H24N2O6/c1-30-20(27)19-23(16-11-6-7-12-17(16)25-21(23)28)26-14-8-13-18(26)24(19,22(29)31-2)32-15-9-4-3-5-10-15/h3-7,9-12,18-19H,8,13-14H2,1-2H3,(H,25,28)/t18-,19-,23+,24+/m0/s1. The number of ether oxygens (including phenoxy) is 3. The van der Waals surface area contributed by atoms with Gasteiger partial charge in [-0.3, -0.25) is 14.5 Å². The highest BCUT2D eigenvalue weighted by molar-refractivity contribution is 6.11. The Bertz CT molecular complexity index is 1090. The molecule has 4 atom stereocenters. The summed E-state index contributed by atoms with van der Waals surface area (Å²) in [5.41, 5.74) is -1.98. The second kappa shape index (κ2) is 7.34. The van der Waals surface area contributed by atoms with Gasteiger partial charge in [0.2, 0.25) is 5.60 Å². The van der Waals surface area contributed by atoms with E-state index in [1.807, 2.05) is 29.2 Å². The first-order chi connectivity index (χ1) is 15.5. The van der Waals surface area contributed by atoms with Gasteiger partial charge in [0.05, 0.1) is 20.3 Å². The second-order valence-electron chi connectivity index (χ2n) is 8.27. The molecule has 0 saturated carbocycles. The number of carbonyl (C=O) groups is 3. The molecule has 0 radical (unpaired) electrons. The van der Waals surface area contributed by atoms with Crippen LogP contribution in [0.5, 0.6) is 5.75 Å². The van der Waals surface area contributed by atoms with E-state index in [0.717, 1.165) is 6.42 Å². The Balaban J connectivity index is 1.82. The largest absolute Gasteiger partial charge is 0.473 e. The van der Waals surface area contributed by atoms with Crippen molar-refractivity contribution in [2.45, 2.75) is 30.0 Å². The molecule has 0 unspecified atom stereocenters. The number of hydrogen-bond acceptors (Lipinski definition) is 7. The summed E-state index contributed by atoms with van der Waals surface area (Å²) in [6.45, 7) is 0.525. The normalized spacial score (nSPS) is 30.5. The van der Waals surface area contributed by atoms with Crippen LogP contribution >= 0.6 is 0 Å². The Kier molecular flexibility index (Phi) is 4.70. The average molecular weight is 436 g/mol. The molecule has 2 saturated heterocycles. The molecule has 5 rings (SSSR count). The smallest absolute Gasteiger partial charge is 0.352 e. The molecule has 2 fully saturated rings. The summed E-state index contributed by atoms with van der Waals surface area (Å²) in [5, 5.41) is 2.91. The fourth-order valence-electron chi connectivity index (χ4n) is 5.87. The molecule has 1 amide bonds. The summed E-state index contributed by atoms with van der Waals surface area (Å²) in [7, 11) is 2.52. The lowest BCUT2D eigenvalue weighted by molar-refractivity contribution is -0.176. The van der Waals surface area contributed by atoms with Gasteiger partial charge in [-0.05, 0) is 31.0 Å². The quantitative estimate of drug-likeness (QED) is 0.734. The molecule has 8 heteroatoms. The molecule has 0 aliphatic carbocycles. The molecule has 3 aliphatic rings. The topological polar surface area (TPSA) is 94.2 Å². The SMILES string of the molecule is COC(=O)[C@@H]1[C@@](Oc2ccccc2)(C(=O)OC)[C@@H]2CCCN2[C@@]12C(=O)Nc1ccccc12. The summed E-state index contributed by atoms with van der Waals surface area (Å²) in [6.07, 6.45) is 1.30. The van der Waals surface area contributed by atoms with Crippen LogP contribution in [0.25, 0.3) is 0 Å². The fourth-order valence-corrected chi connectivity index (χ4v) is 5.87. The van der Waals surface area contributed by atoms with Gasteiger partial charge in [-0.2, -0.15) is 0 Å². The number of carbonyl (C=O) groups excluding carboxylic acids is 3. The first-order valence-electron chi connectivity index (χ1n) is 10.6. The van der Waals surface area contributed by atoms with Crippen LogP contribution in [0, 0.1) is 5.92 Å². The Morgan fingerprint density at radius 2 is 1.75 bits per heavy atom. The molecule has 3 aliphatic heterocycles. The zero-order valence-electron chi connectivity index (χ0n) is 17.9. The number of fused-ring (bicyclic) bond motifs is 4. The highest BCUT2D eigenvalue weighted by Gasteiger charge is 2.80. The molecular weight excluding hydrogens is 412 g/mol. The van der Waals surface area contributed by atoms with Crippen molar-refractivity contribution in [2.24, 2.45) is 5.92 Å². The fraction of sp³-hybridized carbons (Fsp3) is 0.375. The number of hydrogen-bond donors (Lipinski definition) is 1. The maximum atomic E-state index is 13.7. The van der Waals surface area contributed by atoms with Crippen molar-refractivity contribution in [2.75, 3.05) is 26.1 Å². The summed E-state index contributed by atoms with van der Waals surface area (Å²) in [6, 6.07) is 15.5. The maximum Gasteiger partial charge on any atom is 0.352 e. The number of anilines is 1. The minimum absolute atomic E-state index is 0.372. The number of nitrogens with one attached hydrogen (secondary N) is 1. The minimum atomic E-state index is -1.77. The maximum absolute atomic E-state index is 13.7. The molecule has 3 heterocycles. The van der Waals surface area contributed by atoms with Crippen molar-refractivity contribution in [3.8, 4) is 5.75 Å². The van der Waals surface area contributed by atoms with Gasteiger partial charge in [-0.25, -0.2) is 4.79 Å². The summed E-state index contributed by atoms with van der Waals surface area (Å²) < 4.78 is 16.9. The van der Waals surface area contributed by atoms with E-state index in [1.54, 1.807) is 30.3 Å². The molecule has 2 aromatic rings. The monoisotopic (exact) mass is 436 g/mol. The first kappa shape index (κ1) is 20.5. The van der Waals surface area contributed by atoms with Crippen LogP contribution < -0.4 is 10.1 Å². The highest BCUT2D eigenvalue weighted by atomic mass is 16.6. The van der Waals surface area contributed by atoms with Gasteiger partial charge in [-0.1, -0.05) is 36.4 Å². The molecule has 0 aromatic heterocycles. The first-order valence-corrected chi connectivity index (χ1v) is 10.6. The van der Waals surface area contributed by atoms with Crippen molar-refractivity contribution in [3.63, 3.8) is 0 Å². The van der Waals surface area contributed by atoms with Gasteiger partial charge in [0.25, 0.3) is 5.91 Å². The Morgan fingerprint density at radius 3 is 2.47 bits per heavy atom. The predicted octanol–water partition coefficient (Wildman–Crippen LogP) is 2.09. The molecule has 1 spiro atoms. The van der Waals surface area contributed by atoms with E-state index >= 15 is 0 Å². The van der Waals surface area contributed by atoms with Crippen LogP contribution in [0.15, 0.2) is 54.6 Å². The Labute approximate surface area is 185 Å². The number of amides is 1. The number of rotatable bonds is 4. The third kappa shape index (κ3) is 2.44. The van der Waals surface area contributed by atoms with Crippen molar-refractivity contribution < 1.29 is 28.6 Å². The van der Waals surface area contributed by atoms with E-state index in [2.05, 4.69) is 5.32 Å². The molecule has 166 valence electrons. The van der Waals surface area contributed by atoms with E-state index < -0.39 is 35.0 Å². The van der Waals surface area contributed by atoms with Crippen LogP contribution in [0.2, 0.25) is 0 Å². The molecular formula is C24H24N2O6. The number of nitrogens with zero attached hydrogens (tertiary/aromatic N) is 1. The molecule has 2 aromatic carbocycles. The Hall–Kier alpha value is -3.39. The molecule has 1 N–H and O–H groups in total. The highest BCUT2D eigenvalue weighted by Crippen LogP contribution is 2.60. The van der Waals surface area contributed by atoms with Gasteiger partial charge in [0.15, 0.2) is 0 Å². The average Bonchev–Trinajstić information content (AvgIpc) is 3.47. The lowest BCUT2D eigenvalue weighted by Crippen LogP contribution is -2.61. The third-order valence-electron chi connectivity index (χ3n) is 6.95. The minimum Gasteiger partial charge on any atom is -0.473 e. The van der Waals surface area contributed by atoms with Gasteiger partial charge in [-0.15, -0.1) is 0 Å². The van der Waals surface area contributed by atoms with Crippen LogP contribution in [0.4, 0.5) is 5.69 Å². The third-order valence-corrected chi connectivity index (χ3v) is 6.95. The van der Waals surface area contributed by atoms with E-state index in [1.165, 1.54) is 14.2 Å². The zero-order valence-corrected chi connectivity index (χ0v) is 17.9. The van der Waals surface area contributed by atoms with Gasteiger partial charge < -0.3 is 19.5 Å². The summed E-state index contributed by atoms with van der Waals surface area (Å²) in [5.74, 6) is -2.65. The summed E-state index contributed by atoms with van der Waals surface area (Å²) in [4.78, 5) is 42.7. The number of methoxy groups -OCH3 is 2. The lowest BCUT2D eigenvalue weighted by atomic mass is 9.71. The zero-order chi connectivity index (χ0) is 22.5. The summed E-state index contributed by atoms with van der Waals surface area (Å²) >= 11 is 0. The van der Waals surface area contributed by atoms with Crippen molar-refractivity contribution >= 4 is 23.5 Å². The van der Waals surface area contributed by atoms with Gasteiger partial charge in [0, 0.05) is 17.8 Å². The van der Waals surface area contributed by atoms with Crippen molar-refractivity contribution in [1.82, 2.24) is 4.90 Å². The molecule has 8 nitrogen and oxygen atoms in total. The van der Waals surface area contributed by atoms with Crippen LogP contribution in [-0.2, 0) is 29.4 Å². The van der Waals surface area contributed by atoms with Gasteiger partial charge in [0.1, 0.15) is 17.2 Å². The predicted molar refractivity (Wildman–Crippen MR) is 114 cm³/mol. The van der Waals surface area contributed by atoms with Crippen LogP contribution in [0.1, 0.15) is 18.4 Å². The Morgan fingerprint density at radius 1 is 1.03 bits per heavy atom. The van der Waals surface area contributed by atoms with Gasteiger partial charge >= 0.3 is 11.9 Å². The van der Waals surface area contributed by atoms with Crippen molar-refractivity contribution in [1.29, 1.82) is 0 Å². The number of esters is 2. The molecule has 0 bridgehead atoms. The van der Waals surface area contributed by atoms with E-state index in [9.17, 15) is 14.4 Å².